The average molecular weight is 455 g/mol. The van der Waals surface area contributed by atoms with Gasteiger partial charge in [-0.1, -0.05) is 18.2 Å². The number of benzene rings is 3. The minimum atomic E-state index is -4.52. The fourth-order valence-electron chi connectivity index (χ4n) is 4.19. The molecule has 1 amide bonds. The summed E-state index contributed by atoms with van der Waals surface area (Å²) >= 11 is 0. The SMILES string of the molecule is Cc1cc(N2CCc3cc(-c4ccc(C(F)(F)F)cc4C(C)(C)O)ccc3C2=O)ccc1O. The number of alkyl halides is 3. The zero-order valence-electron chi connectivity index (χ0n) is 18.5. The lowest BCUT2D eigenvalue weighted by Gasteiger charge is -2.30. The van der Waals surface area contributed by atoms with Crippen molar-refractivity contribution in [2.24, 2.45) is 0 Å². The van der Waals surface area contributed by atoms with Gasteiger partial charge in [0.2, 0.25) is 0 Å². The maximum absolute atomic E-state index is 13.2. The minimum Gasteiger partial charge on any atom is -0.508 e. The van der Waals surface area contributed by atoms with Gasteiger partial charge in [0.05, 0.1) is 11.2 Å². The molecular formula is C26H24F3NO3. The Labute approximate surface area is 189 Å². The van der Waals surface area contributed by atoms with Crippen LogP contribution >= 0.6 is 0 Å². The number of rotatable bonds is 3. The highest BCUT2D eigenvalue weighted by atomic mass is 19.4. The van der Waals surface area contributed by atoms with Crippen molar-refractivity contribution in [3.05, 3.63) is 82.4 Å². The van der Waals surface area contributed by atoms with E-state index in [0.717, 1.165) is 17.7 Å². The number of hydrogen-bond donors (Lipinski definition) is 2. The maximum atomic E-state index is 13.2. The second kappa shape index (κ2) is 7.92. The van der Waals surface area contributed by atoms with Gasteiger partial charge >= 0.3 is 6.18 Å². The monoisotopic (exact) mass is 455 g/mol. The van der Waals surface area contributed by atoms with Gasteiger partial charge in [0.15, 0.2) is 0 Å². The predicted octanol–water partition coefficient (Wildman–Crippen LogP) is 5.82. The molecule has 4 nitrogen and oxygen atoms in total. The molecule has 1 heterocycles. The number of phenolic OH excluding ortho intramolecular Hbond substituents is 1. The van der Waals surface area contributed by atoms with Crippen LogP contribution in [0.4, 0.5) is 18.9 Å². The Bertz CT molecular complexity index is 1240. The number of aliphatic hydroxyl groups is 1. The number of anilines is 1. The minimum absolute atomic E-state index is 0.160. The summed E-state index contributed by atoms with van der Waals surface area (Å²) < 4.78 is 39.7. The molecule has 172 valence electrons. The number of aryl methyl sites for hydroxylation is 1. The van der Waals surface area contributed by atoms with Crippen LogP contribution in [-0.4, -0.2) is 22.7 Å². The van der Waals surface area contributed by atoms with Crippen LogP contribution in [0.2, 0.25) is 0 Å². The van der Waals surface area contributed by atoms with Crippen molar-refractivity contribution in [2.75, 3.05) is 11.4 Å². The van der Waals surface area contributed by atoms with Crippen LogP contribution in [0.1, 0.15) is 46.5 Å². The summed E-state index contributed by atoms with van der Waals surface area (Å²) in [5.74, 6) is -0.0181. The van der Waals surface area contributed by atoms with Gasteiger partial charge in [-0.05, 0) is 91.4 Å². The zero-order valence-corrected chi connectivity index (χ0v) is 18.5. The predicted molar refractivity (Wildman–Crippen MR) is 120 cm³/mol. The fourth-order valence-corrected chi connectivity index (χ4v) is 4.19. The standard InChI is InChI=1S/C26H24F3NO3/c1-15-12-19(6-9-23(15)31)30-11-10-17-13-16(4-7-21(17)24(30)32)20-8-5-18(26(27,28)29)14-22(20)25(2,3)33/h4-9,12-14,31,33H,10-11H2,1-3H3. The summed E-state index contributed by atoms with van der Waals surface area (Å²) in [5, 5.41) is 20.3. The van der Waals surface area contributed by atoms with Gasteiger partial charge < -0.3 is 15.1 Å². The first-order valence-corrected chi connectivity index (χ1v) is 10.5. The van der Waals surface area contributed by atoms with E-state index in [1.807, 2.05) is 6.07 Å². The van der Waals surface area contributed by atoms with Gasteiger partial charge in [0.1, 0.15) is 5.75 Å². The first-order valence-electron chi connectivity index (χ1n) is 10.5. The zero-order chi connectivity index (χ0) is 24.1. The van der Waals surface area contributed by atoms with Crippen molar-refractivity contribution in [3.8, 4) is 16.9 Å². The van der Waals surface area contributed by atoms with Crippen LogP contribution in [0, 0.1) is 6.92 Å². The average Bonchev–Trinajstić information content (AvgIpc) is 2.74. The molecule has 0 bridgehead atoms. The number of aromatic hydroxyl groups is 1. The summed E-state index contributed by atoms with van der Waals surface area (Å²) in [5.41, 5.74) is 1.66. The third-order valence-electron chi connectivity index (χ3n) is 5.99. The third kappa shape index (κ3) is 4.33. The Kier molecular flexibility index (Phi) is 5.48. The van der Waals surface area contributed by atoms with E-state index in [1.165, 1.54) is 19.9 Å². The van der Waals surface area contributed by atoms with E-state index in [2.05, 4.69) is 0 Å². The first kappa shape index (κ1) is 22.9. The van der Waals surface area contributed by atoms with Gasteiger partial charge in [-0.25, -0.2) is 0 Å². The number of fused-ring (bicyclic) bond motifs is 1. The van der Waals surface area contributed by atoms with Gasteiger partial charge in [0, 0.05) is 17.8 Å². The first-order chi connectivity index (χ1) is 15.4. The van der Waals surface area contributed by atoms with Crippen molar-refractivity contribution in [3.63, 3.8) is 0 Å². The number of phenols is 1. The molecule has 33 heavy (non-hydrogen) atoms. The summed E-state index contributed by atoms with van der Waals surface area (Å²) in [7, 11) is 0. The molecule has 1 aliphatic heterocycles. The molecule has 3 aromatic carbocycles. The molecule has 4 rings (SSSR count). The van der Waals surface area contributed by atoms with Crippen LogP contribution < -0.4 is 4.90 Å². The summed E-state index contributed by atoms with van der Waals surface area (Å²) in [6, 6.07) is 13.5. The number of carbonyl (C=O) groups is 1. The lowest BCUT2D eigenvalue weighted by Crippen LogP contribution is -2.37. The molecule has 7 heteroatoms. The lowest BCUT2D eigenvalue weighted by molar-refractivity contribution is -0.137. The molecule has 3 aromatic rings. The number of halogens is 3. The van der Waals surface area contributed by atoms with Gasteiger partial charge in [0.25, 0.3) is 5.91 Å². The van der Waals surface area contributed by atoms with Crippen LogP contribution in [0.3, 0.4) is 0 Å². The van der Waals surface area contributed by atoms with Gasteiger partial charge in [-0.2, -0.15) is 13.2 Å². The van der Waals surface area contributed by atoms with Crippen molar-refractivity contribution in [2.45, 2.75) is 39.0 Å². The molecule has 2 N–H and O–H groups in total. The molecular weight excluding hydrogens is 431 g/mol. The second-order valence-electron chi connectivity index (χ2n) is 8.87. The van der Waals surface area contributed by atoms with E-state index < -0.39 is 17.3 Å². The number of nitrogens with zero attached hydrogens (tertiary/aromatic N) is 1. The van der Waals surface area contributed by atoms with Crippen LogP contribution in [0.25, 0.3) is 11.1 Å². The summed E-state index contributed by atoms with van der Waals surface area (Å²) in [6.45, 7) is 5.10. The molecule has 0 spiro atoms. The van der Waals surface area contributed by atoms with E-state index in [1.54, 1.807) is 42.2 Å². The second-order valence-corrected chi connectivity index (χ2v) is 8.87. The number of amides is 1. The van der Waals surface area contributed by atoms with Crippen LogP contribution in [0.15, 0.2) is 54.6 Å². The van der Waals surface area contributed by atoms with Gasteiger partial charge in [-0.15, -0.1) is 0 Å². The molecule has 0 aliphatic carbocycles. The van der Waals surface area contributed by atoms with Crippen molar-refractivity contribution in [1.82, 2.24) is 0 Å². The molecule has 0 atom stereocenters. The molecule has 0 saturated heterocycles. The Morgan fingerprint density at radius 1 is 0.939 bits per heavy atom. The molecule has 1 aliphatic rings. The molecule has 0 radical (unpaired) electrons. The van der Waals surface area contributed by atoms with Crippen molar-refractivity contribution in [1.29, 1.82) is 0 Å². The van der Waals surface area contributed by atoms with E-state index in [4.69, 9.17) is 0 Å². The van der Waals surface area contributed by atoms with E-state index >= 15 is 0 Å². The normalized spacial score (nSPS) is 14.4. The summed E-state index contributed by atoms with van der Waals surface area (Å²) in [6.07, 6.45) is -3.95. The topological polar surface area (TPSA) is 60.8 Å². The molecule has 0 fully saturated rings. The highest BCUT2D eigenvalue weighted by Gasteiger charge is 2.33. The third-order valence-corrected chi connectivity index (χ3v) is 5.99. The molecule has 0 unspecified atom stereocenters. The summed E-state index contributed by atoms with van der Waals surface area (Å²) in [4.78, 5) is 14.8. The Morgan fingerprint density at radius 2 is 1.64 bits per heavy atom. The highest BCUT2D eigenvalue weighted by molar-refractivity contribution is 6.08. The van der Waals surface area contributed by atoms with E-state index in [-0.39, 0.29) is 17.2 Å². The Hall–Kier alpha value is -3.32. The van der Waals surface area contributed by atoms with E-state index in [0.29, 0.717) is 40.9 Å². The molecule has 0 saturated carbocycles. The highest BCUT2D eigenvalue weighted by Crippen LogP contribution is 2.39. The van der Waals surface area contributed by atoms with E-state index in [9.17, 15) is 28.2 Å². The smallest absolute Gasteiger partial charge is 0.416 e. The Morgan fingerprint density at radius 3 is 2.27 bits per heavy atom. The quantitative estimate of drug-likeness (QED) is 0.524. The maximum Gasteiger partial charge on any atom is 0.416 e. The molecule has 0 aromatic heterocycles. The van der Waals surface area contributed by atoms with Crippen molar-refractivity contribution >= 4 is 11.6 Å². The van der Waals surface area contributed by atoms with Crippen LogP contribution in [-0.2, 0) is 18.2 Å². The fraction of sp³-hybridized carbons (Fsp3) is 0.269. The largest absolute Gasteiger partial charge is 0.508 e. The number of hydrogen-bond acceptors (Lipinski definition) is 3. The number of carbonyl (C=O) groups excluding carboxylic acids is 1. The lowest BCUT2D eigenvalue weighted by atomic mass is 9.86. The van der Waals surface area contributed by atoms with Gasteiger partial charge in [-0.3, -0.25) is 4.79 Å². The van der Waals surface area contributed by atoms with Crippen molar-refractivity contribution < 1.29 is 28.2 Å². The van der Waals surface area contributed by atoms with Crippen LogP contribution in [0.5, 0.6) is 5.75 Å². The Balaban J connectivity index is 1.73.